The molecule has 23 heavy (non-hydrogen) atoms. The van der Waals surface area contributed by atoms with Crippen LogP contribution in [0, 0.1) is 6.92 Å². The van der Waals surface area contributed by atoms with Crippen molar-refractivity contribution in [3.63, 3.8) is 0 Å². The summed E-state index contributed by atoms with van der Waals surface area (Å²) in [5.74, 6) is 0.620. The summed E-state index contributed by atoms with van der Waals surface area (Å²) in [5, 5.41) is 3.42. The number of hydrogen-bond donors (Lipinski definition) is 1. The van der Waals surface area contributed by atoms with Crippen molar-refractivity contribution in [2.45, 2.75) is 13.8 Å². The summed E-state index contributed by atoms with van der Waals surface area (Å²) in [4.78, 5) is 14.0. The summed E-state index contributed by atoms with van der Waals surface area (Å²) in [6.45, 7) is 5.32. The fraction of sp³-hybridized carbons (Fsp3) is 0.278. The predicted molar refractivity (Wildman–Crippen MR) is 94.5 cm³/mol. The number of carbonyl (C=O) groups is 1. The number of para-hydroxylation sites is 1. The first-order chi connectivity index (χ1) is 11.1. The molecule has 0 atom stereocenters. The van der Waals surface area contributed by atoms with Gasteiger partial charge in [-0.1, -0.05) is 35.9 Å². The van der Waals surface area contributed by atoms with Gasteiger partial charge in [0.1, 0.15) is 12.4 Å². The number of urea groups is 1. The second kappa shape index (κ2) is 8.44. The van der Waals surface area contributed by atoms with Gasteiger partial charge in [-0.25, -0.2) is 4.79 Å². The number of anilines is 1. The number of benzene rings is 2. The van der Waals surface area contributed by atoms with Crippen molar-refractivity contribution in [3.8, 4) is 5.75 Å². The molecule has 0 saturated carbocycles. The molecule has 2 rings (SSSR count). The average molecular weight is 333 g/mol. The number of carbonyl (C=O) groups excluding carboxylic acids is 1. The van der Waals surface area contributed by atoms with Crippen molar-refractivity contribution < 1.29 is 9.53 Å². The highest BCUT2D eigenvalue weighted by molar-refractivity contribution is 6.32. The zero-order valence-electron chi connectivity index (χ0n) is 13.4. The monoisotopic (exact) mass is 332 g/mol. The van der Waals surface area contributed by atoms with Crippen LogP contribution in [0.1, 0.15) is 12.5 Å². The molecule has 2 aromatic carbocycles. The van der Waals surface area contributed by atoms with E-state index in [1.807, 2.05) is 50.2 Å². The number of rotatable bonds is 6. The third-order valence-electron chi connectivity index (χ3n) is 3.35. The van der Waals surface area contributed by atoms with E-state index in [1.165, 1.54) is 0 Å². The highest BCUT2D eigenvalue weighted by Crippen LogP contribution is 2.22. The number of nitrogens with zero attached hydrogens (tertiary/aromatic N) is 1. The molecule has 0 bridgehead atoms. The van der Waals surface area contributed by atoms with E-state index in [4.69, 9.17) is 16.3 Å². The minimum atomic E-state index is -0.138. The lowest BCUT2D eigenvalue weighted by Gasteiger charge is -2.22. The Labute approximate surface area is 142 Å². The van der Waals surface area contributed by atoms with E-state index in [0.29, 0.717) is 30.5 Å². The molecule has 0 unspecified atom stereocenters. The third-order valence-corrected chi connectivity index (χ3v) is 3.66. The molecule has 5 heteroatoms. The van der Waals surface area contributed by atoms with Crippen molar-refractivity contribution >= 4 is 23.3 Å². The van der Waals surface area contributed by atoms with Crippen LogP contribution in [0.4, 0.5) is 10.5 Å². The lowest BCUT2D eigenvalue weighted by molar-refractivity contribution is 0.242. The number of aryl methyl sites for hydroxylation is 1. The Hall–Kier alpha value is -2.20. The number of amides is 2. The SMILES string of the molecule is CCN(C(=O)NCCOc1ccccc1Cl)c1cccc(C)c1. The zero-order valence-corrected chi connectivity index (χ0v) is 14.1. The number of halogens is 1. The van der Waals surface area contributed by atoms with Gasteiger partial charge in [0, 0.05) is 12.2 Å². The molecule has 0 fully saturated rings. The van der Waals surface area contributed by atoms with E-state index in [0.717, 1.165) is 11.3 Å². The molecule has 122 valence electrons. The van der Waals surface area contributed by atoms with Gasteiger partial charge < -0.3 is 10.1 Å². The van der Waals surface area contributed by atoms with Gasteiger partial charge in [0.25, 0.3) is 0 Å². The van der Waals surface area contributed by atoms with Crippen molar-refractivity contribution in [1.29, 1.82) is 0 Å². The second-order valence-corrected chi connectivity index (χ2v) is 5.50. The third kappa shape index (κ3) is 4.89. The van der Waals surface area contributed by atoms with Crippen LogP contribution in [0.15, 0.2) is 48.5 Å². The van der Waals surface area contributed by atoms with Crippen LogP contribution in [0.25, 0.3) is 0 Å². The molecule has 0 spiro atoms. The van der Waals surface area contributed by atoms with E-state index in [1.54, 1.807) is 17.0 Å². The molecular formula is C18H21ClN2O2. The first kappa shape index (κ1) is 17.2. The Morgan fingerprint density at radius 2 is 2.00 bits per heavy atom. The van der Waals surface area contributed by atoms with E-state index in [9.17, 15) is 4.79 Å². The molecule has 0 aliphatic rings. The van der Waals surface area contributed by atoms with Gasteiger partial charge in [0.2, 0.25) is 0 Å². The molecule has 0 heterocycles. The fourth-order valence-corrected chi connectivity index (χ4v) is 2.41. The van der Waals surface area contributed by atoms with Crippen LogP contribution in [0.3, 0.4) is 0 Å². The van der Waals surface area contributed by atoms with E-state index in [-0.39, 0.29) is 6.03 Å². The van der Waals surface area contributed by atoms with Gasteiger partial charge in [-0.05, 0) is 43.7 Å². The zero-order chi connectivity index (χ0) is 16.7. The highest BCUT2D eigenvalue weighted by atomic mass is 35.5. The van der Waals surface area contributed by atoms with Crippen molar-refractivity contribution in [2.75, 3.05) is 24.6 Å². The maximum absolute atomic E-state index is 12.3. The largest absolute Gasteiger partial charge is 0.490 e. The topological polar surface area (TPSA) is 41.6 Å². The van der Waals surface area contributed by atoms with E-state index >= 15 is 0 Å². The van der Waals surface area contributed by atoms with Gasteiger partial charge >= 0.3 is 6.03 Å². The maximum atomic E-state index is 12.3. The predicted octanol–water partition coefficient (Wildman–Crippen LogP) is 4.26. The van der Waals surface area contributed by atoms with E-state index in [2.05, 4.69) is 5.32 Å². The highest BCUT2D eigenvalue weighted by Gasteiger charge is 2.13. The lowest BCUT2D eigenvalue weighted by atomic mass is 10.2. The van der Waals surface area contributed by atoms with Gasteiger partial charge in [-0.15, -0.1) is 0 Å². The smallest absolute Gasteiger partial charge is 0.321 e. The maximum Gasteiger partial charge on any atom is 0.321 e. The van der Waals surface area contributed by atoms with Gasteiger partial charge in [-0.2, -0.15) is 0 Å². The summed E-state index contributed by atoms with van der Waals surface area (Å²) in [7, 11) is 0. The van der Waals surface area contributed by atoms with E-state index < -0.39 is 0 Å². The molecule has 0 aliphatic carbocycles. The second-order valence-electron chi connectivity index (χ2n) is 5.09. The van der Waals surface area contributed by atoms with Gasteiger partial charge in [0.15, 0.2) is 0 Å². The van der Waals surface area contributed by atoms with Crippen molar-refractivity contribution in [1.82, 2.24) is 5.32 Å². The van der Waals surface area contributed by atoms with Crippen LogP contribution >= 0.6 is 11.6 Å². The number of hydrogen-bond acceptors (Lipinski definition) is 2. The molecule has 0 aromatic heterocycles. The lowest BCUT2D eigenvalue weighted by Crippen LogP contribution is -2.41. The standard InChI is InChI=1S/C18H21ClN2O2/c1-3-21(15-8-6-7-14(2)13-15)18(22)20-11-12-23-17-10-5-4-9-16(17)19/h4-10,13H,3,11-12H2,1-2H3,(H,20,22). The van der Waals surface area contributed by atoms with Gasteiger partial charge in [0.05, 0.1) is 11.6 Å². The summed E-state index contributed by atoms with van der Waals surface area (Å²) in [6, 6.07) is 15.0. The fourth-order valence-electron chi connectivity index (χ4n) is 2.22. The molecule has 0 aliphatic heterocycles. The molecule has 0 saturated heterocycles. The Bertz CT molecular complexity index is 661. The summed E-state index contributed by atoms with van der Waals surface area (Å²) >= 11 is 6.01. The summed E-state index contributed by atoms with van der Waals surface area (Å²) < 4.78 is 5.56. The van der Waals surface area contributed by atoms with Crippen molar-refractivity contribution in [3.05, 3.63) is 59.1 Å². The Kier molecular flexibility index (Phi) is 6.29. The molecule has 4 nitrogen and oxygen atoms in total. The van der Waals surface area contributed by atoms with Crippen molar-refractivity contribution in [2.24, 2.45) is 0 Å². The first-order valence-electron chi connectivity index (χ1n) is 7.61. The number of nitrogens with one attached hydrogen (secondary N) is 1. The summed E-state index contributed by atoms with van der Waals surface area (Å²) in [6.07, 6.45) is 0. The number of ether oxygens (including phenoxy) is 1. The quantitative estimate of drug-likeness (QED) is 0.803. The Morgan fingerprint density at radius 3 is 2.70 bits per heavy atom. The minimum absolute atomic E-state index is 0.138. The normalized spacial score (nSPS) is 10.2. The van der Waals surface area contributed by atoms with Crippen LogP contribution in [-0.4, -0.2) is 25.7 Å². The molecular weight excluding hydrogens is 312 g/mol. The molecule has 2 amide bonds. The van der Waals surface area contributed by atoms with Crippen LogP contribution < -0.4 is 15.0 Å². The van der Waals surface area contributed by atoms with Crippen LogP contribution in [-0.2, 0) is 0 Å². The summed E-state index contributed by atoms with van der Waals surface area (Å²) in [5.41, 5.74) is 2.01. The molecule has 1 N–H and O–H groups in total. The van der Waals surface area contributed by atoms with Gasteiger partial charge in [-0.3, -0.25) is 4.90 Å². The molecule has 2 aromatic rings. The van der Waals surface area contributed by atoms with Crippen LogP contribution in [0.2, 0.25) is 5.02 Å². The molecule has 0 radical (unpaired) electrons. The van der Waals surface area contributed by atoms with Crippen LogP contribution in [0.5, 0.6) is 5.75 Å². The minimum Gasteiger partial charge on any atom is -0.490 e. The Morgan fingerprint density at radius 1 is 1.22 bits per heavy atom. The average Bonchev–Trinajstić information content (AvgIpc) is 2.54. The first-order valence-corrected chi connectivity index (χ1v) is 7.99. The Balaban J connectivity index is 1.85.